The third-order valence-corrected chi connectivity index (χ3v) is 4.23. The third kappa shape index (κ3) is 1.73. The number of hydrogen-bond donors (Lipinski definition) is 1. The lowest BCUT2D eigenvalue weighted by Crippen LogP contribution is -2.58. The molecule has 3 rings (SSSR count). The monoisotopic (exact) mass is 245 g/mol. The fourth-order valence-corrected chi connectivity index (χ4v) is 3.03. The Bertz CT molecular complexity index is 500. The second kappa shape index (κ2) is 4.38. The van der Waals surface area contributed by atoms with Gasteiger partial charge in [-0.25, -0.2) is 4.39 Å². The van der Waals surface area contributed by atoms with E-state index in [1.807, 2.05) is 0 Å². The summed E-state index contributed by atoms with van der Waals surface area (Å²) >= 11 is 0. The molecule has 1 aromatic rings. The van der Waals surface area contributed by atoms with E-state index in [1.165, 1.54) is 6.07 Å². The number of ether oxygens (including phenoxy) is 1. The summed E-state index contributed by atoms with van der Waals surface area (Å²) in [4.78, 5) is 0. The molecule has 2 nitrogen and oxygen atoms in total. The van der Waals surface area contributed by atoms with Crippen LogP contribution in [0.2, 0.25) is 0 Å². The summed E-state index contributed by atoms with van der Waals surface area (Å²) in [6.07, 6.45) is 7.37. The summed E-state index contributed by atoms with van der Waals surface area (Å²) in [5, 5.41) is 3.35. The first kappa shape index (κ1) is 11.7. The molecule has 2 heterocycles. The number of rotatable bonds is 1. The van der Waals surface area contributed by atoms with Crippen LogP contribution in [0.3, 0.4) is 0 Å². The Morgan fingerprint density at radius 2 is 2.17 bits per heavy atom. The molecule has 18 heavy (non-hydrogen) atoms. The highest BCUT2D eigenvalue weighted by atomic mass is 19.1. The van der Waals surface area contributed by atoms with Crippen molar-refractivity contribution >= 4 is 0 Å². The first-order valence-corrected chi connectivity index (χ1v) is 6.32. The fourth-order valence-electron chi connectivity index (χ4n) is 3.03. The van der Waals surface area contributed by atoms with Crippen LogP contribution in [0.1, 0.15) is 30.0 Å². The number of nitrogens with one attached hydrogen (secondary N) is 1. The lowest BCUT2D eigenvalue weighted by atomic mass is 9.65. The molecule has 0 saturated carbocycles. The van der Waals surface area contributed by atoms with E-state index < -0.39 is 0 Å². The van der Waals surface area contributed by atoms with Crippen LogP contribution in [0.4, 0.5) is 4.39 Å². The zero-order chi connectivity index (χ0) is 12.6. The Morgan fingerprint density at radius 1 is 1.39 bits per heavy atom. The van der Waals surface area contributed by atoms with Crippen molar-refractivity contribution in [3.63, 3.8) is 0 Å². The first-order chi connectivity index (χ1) is 8.75. The summed E-state index contributed by atoms with van der Waals surface area (Å²) in [6.45, 7) is 2.49. The number of hydrogen-bond acceptors (Lipinski definition) is 2. The molecule has 1 aromatic carbocycles. The average Bonchev–Trinajstić information content (AvgIpc) is 2.41. The van der Waals surface area contributed by atoms with E-state index in [0.29, 0.717) is 5.56 Å². The maximum atomic E-state index is 14.0. The third-order valence-electron chi connectivity index (χ3n) is 4.23. The van der Waals surface area contributed by atoms with Crippen LogP contribution in [0, 0.1) is 23.6 Å². The highest BCUT2D eigenvalue weighted by Gasteiger charge is 2.48. The molecule has 3 heteroatoms. The van der Waals surface area contributed by atoms with Gasteiger partial charge in [0.15, 0.2) is 0 Å². The van der Waals surface area contributed by atoms with Crippen LogP contribution in [-0.2, 0) is 4.74 Å². The molecule has 0 aromatic heterocycles. The van der Waals surface area contributed by atoms with E-state index in [1.54, 1.807) is 12.1 Å². The molecule has 0 aliphatic carbocycles. The zero-order valence-electron chi connectivity index (χ0n) is 10.2. The van der Waals surface area contributed by atoms with Gasteiger partial charge in [-0.1, -0.05) is 5.92 Å². The van der Waals surface area contributed by atoms with Crippen LogP contribution >= 0.6 is 0 Å². The summed E-state index contributed by atoms with van der Waals surface area (Å²) in [5.74, 6) is 2.40. The highest BCUT2D eigenvalue weighted by molar-refractivity contribution is 5.39. The van der Waals surface area contributed by atoms with Crippen LogP contribution in [-0.4, -0.2) is 19.8 Å². The van der Waals surface area contributed by atoms with Crippen molar-refractivity contribution in [2.45, 2.75) is 18.9 Å². The molecule has 0 radical (unpaired) electrons. The second-order valence-corrected chi connectivity index (χ2v) is 5.17. The Balaban J connectivity index is 1.93. The quantitative estimate of drug-likeness (QED) is 0.766. The normalized spacial score (nSPS) is 25.4. The molecule has 1 N–H and O–H groups in total. The van der Waals surface area contributed by atoms with Crippen molar-refractivity contribution in [1.29, 1.82) is 0 Å². The standard InChI is InChI=1S/C15H16FNO/c1-2-11-3-4-13(16)12(9-11)14-15(10-17-14)5-7-18-8-6-15/h1,3-4,9,14,17H,5-8,10H2. The number of benzene rings is 1. The van der Waals surface area contributed by atoms with Crippen molar-refractivity contribution in [1.82, 2.24) is 5.32 Å². The van der Waals surface area contributed by atoms with Crippen molar-refractivity contribution in [3.8, 4) is 12.3 Å². The van der Waals surface area contributed by atoms with E-state index in [9.17, 15) is 4.39 Å². The fraction of sp³-hybridized carbons (Fsp3) is 0.467. The Kier molecular flexibility index (Phi) is 2.85. The molecule has 1 unspecified atom stereocenters. The molecule has 94 valence electrons. The molecular formula is C15H16FNO. The predicted octanol–water partition coefficient (Wildman–Crippen LogP) is 2.25. The van der Waals surface area contributed by atoms with Gasteiger partial charge in [0, 0.05) is 42.3 Å². The van der Waals surface area contributed by atoms with Crippen LogP contribution in [0.25, 0.3) is 0 Å². The number of terminal acetylenes is 1. The highest BCUT2D eigenvalue weighted by Crippen LogP contribution is 2.48. The number of halogens is 1. The lowest BCUT2D eigenvalue weighted by molar-refractivity contribution is -0.0488. The van der Waals surface area contributed by atoms with Gasteiger partial charge in [-0.05, 0) is 31.0 Å². The second-order valence-electron chi connectivity index (χ2n) is 5.17. The van der Waals surface area contributed by atoms with Gasteiger partial charge in [-0.3, -0.25) is 0 Å². The predicted molar refractivity (Wildman–Crippen MR) is 67.6 cm³/mol. The van der Waals surface area contributed by atoms with Crippen LogP contribution < -0.4 is 5.32 Å². The smallest absolute Gasteiger partial charge is 0.128 e. The Hall–Kier alpha value is -1.37. The zero-order valence-corrected chi connectivity index (χ0v) is 10.2. The molecule has 0 bridgehead atoms. The van der Waals surface area contributed by atoms with E-state index in [0.717, 1.165) is 38.2 Å². The SMILES string of the molecule is C#Cc1ccc(F)c(C2NCC23CCOCC3)c1. The Labute approximate surface area is 107 Å². The topological polar surface area (TPSA) is 21.3 Å². The molecule has 2 fully saturated rings. The summed E-state index contributed by atoms with van der Waals surface area (Å²) < 4.78 is 19.4. The van der Waals surface area contributed by atoms with Crippen molar-refractivity contribution in [2.24, 2.45) is 5.41 Å². The van der Waals surface area contributed by atoms with Gasteiger partial charge < -0.3 is 10.1 Å². The van der Waals surface area contributed by atoms with Crippen molar-refractivity contribution in [2.75, 3.05) is 19.8 Å². The molecular weight excluding hydrogens is 229 g/mol. The largest absolute Gasteiger partial charge is 0.381 e. The maximum Gasteiger partial charge on any atom is 0.128 e. The molecule has 1 atom stereocenters. The van der Waals surface area contributed by atoms with Gasteiger partial charge in [0.2, 0.25) is 0 Å². The van der Waals surface area contributed by atoms with E-state index in [-0.39, 0.29) is 17.3 Å². The lowest BCUT2D eigenvalue weighted by Gasteiger charge is -2.53. The van der Waals surface area contributed by atoms with Crippen LogP contribution in [0.15, 0.2) is 18.2 Å². The first-order valence-electron chi connectivity index (χ1n) is 6.32. The molecule has 0 amide bonds. The van der Waals surface area contributed by atoms with Gasteiger partial charge in [0.25, 0.3) is 0 Å². The summed E-state index contributed by atoms with van der Waals surface area (Å²) in [7, 11) is 0. The minimum Gasteiger partial charge on any atom is -0.381 e. The van der Waals surface area contributed by atoms with E-state index in [4.69, 9.17) is 11.2 Å². The van der Waals surface area contributed by atoms with Crippen molar-refractivity contribution in [3.05, 3.63) is 35.1 Å². The van der Waals surface area contributed by atoms with Gasteiger partial charge >= 0.3 is 0 Å². The van der Waals surface area contributed by atoms with Crippen molar-refractivity contribution < 1.29 is 9.13 Å². The van der Waals surface area contributed by atoms with Crippen LogP contribution in [0.5, 0.6) is 0 Å². The minimum absolute atomic E-state index is 0.0784. The molecule has 2 saturated heterocycles. The summed E-state index contributed by atoms with van der Waals surface area (Å²) in [6, 6.07) is 4.99. The Morgan fingerprint density at radius 3 is 2.78 bits per heavy atom. The van der Waals surface area contributed by atoms with E-state index in [2.05, 4.69) is 11.2 Å². The molecule has 2 aliphatic rings. The molecule has 2 aliphatic heterocycles. The molecule has 1 spiro atoms. The maximum absolute atomic E-state index is 14.0. The van der Waals surface area contributed by atoms with Gasteiger partial charge in [0.05, 0.1) is 0 Å². The van der Waals surface area contributed by atoms with Gasteiger partial charge in [-0.2, -0.15) is 0 Å². The van der Waals surface area contributed by atoms with Gasteiger partial charge in [-0.15, -0.1) is 6.42 Å². The minimum atomic E-state index is -0.169. The van der Waals surface area contributed by atoms with Gasteiger partial charge in [0.1, 0.15) is 5.82 Å². The average molecular weight is 245 g/mol. The van der Waals surface area contributed by atoms with E-state index >= 15 is 0 Å². The summed E-state index contributed by atoms with van der Waals surface area (Å²) in [5.41, 5.74) is 1.60.